The van der Waals surface area contributed by atoms with Crippen LogP contribution in [0.25, 0.3) is 10.1 Å². The molecule has 0 saturated carbocycles. The number of halogens is 3. The van der Waals surface area contributed by atoms with Gasteiger partial charge in [0.2, 0.25) is 0 Å². The van der Waals surface area contributed by atoms with Crippen LogP contribution in [0.5, 0.6) is 0 Å². The first-order valence-corrected chi connectivity index (χ1v) is 6.41. The molecular weight excluding hydrogens is 293 g/mol. The van der Waals surface area contributed by atoms with Gasteiger partial charge < -0.3 is 16.2 Å². The fourth-order valence-electron chi connectivity index (χ4n) is 1.64. The number of nitrogens with one attached hydrogen (secondary N) is 1. The lowest BCUT2D eigenvalue weighted by Crippen LogP contribution is -2.38. The first-order chi connectivity index (χ1) is 9.35. The Balaban J connectivity index is 2.27. The van der Waals surface area contributed by atoms with E-state index in [0.717, 1.165) is 11.3 Å². The monoisotopic (exact) mass is 304 g/mol. The average Bonchev–Trinajstić information content (AvgIpc) is 2.75. The summed E-state index contributed by atoms with van der Waals surface area (Å²) >= 11 is 0.920. The first kappa shape index (κ1) is 14.6. The average molecular weight is 304 g/mol. The van der Waals surface area contributed by atoms with Crippen LogP contribution in [-0.4, -0.2) is 30.1 Å². The smallest absolute Gasteiger partial charge is 0.287 e. The summed E-state index contributed by atoms with van der Waals surface area (Å²) in [5, 5.41) is 10.5. The number of benzene rings is 1. The highest BCUT2D eigenvalue weighted by Gasteiger charge is 2.29. The molecule has 0 aliphatic heterocycles. The van der Waals surface area contributed by atoms with Gasteiger partial charge in [0.1, 0.15) is 17.3 Å². The molecule has 4 nitrogen and oxygen atoms in total. The van der Waals surface area contributed by atoms with E-state index in [2.05, 4.69) is 0 Å². The van der Waals surface area contributed by atoms with Gasteiger partial charge in [-0.15, -0.1) is 11.3 Å². The molecule has 0 bridgehead atoms. The van der Waals surface area contributed by atoms with Gasteiger partial charge in [0.15, 0.2) is 0 Å². The number of alkyl halides is 2. The first-order valence-electron chi connectivity index (χ1n) is 5.59. The molecule has 0 spiro atoms. The Morgan fingerprint density at radius 3 is 2.75 bits per heavy atom. The van der Waals surface area contributed by atoms with E-state index in [4.69, 9.17) is 10.8 Å². The minimum Gasteiger partial charge on any atom is -0.397 e. The van der Waals surface area contributed by atoms with Crippen molar-refractivity contribution >= 4 is 33.0 Å². The standard InChI is InChI=1S/C12H11F3N2O2S/c13-6-2-1-3-7-8(6)9(16)10(20-7)11(19)17-4-12(14,15)5-18/h1-3,18H,4-5,16H2,(H,17,19). The molecule has 1 aromatic heterocycles. The second-order valence-corrected chi connectivity index (χ2v) is 5.21. The molecule has 4 N–H and O–H groups in total. The van der Waals surface area contributed by atoms with Gasteiger partial charge in [-0.05, 0) is 12.1 Å². The van der Waals surface area contributed by atoms with Crippen molar-refractivity contribution in [2.45, 2.75) is 5.92 Å². The summed E-state index contributed by atoms with van der Waals surface area (Å²) in [6, 6.07) is 4.25. The lowest BCUT2D eigenvalue weighted by atomic mass is 10.2. The Hall–Kier alpha value is -1.80. The minimum absolute atomic E-state index is 0.0289. The van der Waals surface area contributed by atoms with Crippen molar-refractivity contribution in [2.24, 2.45) is 0 Å². The van der Waals surface area contributed by atoms with Crippen LogP contribution in [0.3, 0.4) is 0 Å². The Morgan fingerprint density at radius 2 is 2.15 bits per heavy atom. The third kappa shape index (κ3) is 2.70. The van der Waals surface area contributed by atoms with Crippen LogP contribution in [0.4, 0.5) is 18.9 Å². The van der Waals surface area contributed by atoms with Crippen LogP contribution in [-0.2, 0) is 0 Å². The quantitative estimate of drug-likeness (QED) is 0.808. The van der Waals surface area contributed by atoms with E-state index in [1.807, 2.05) is 5.32 Å². The van der Waals surface area contributed by atoms with E-state index < -0.39 is 30.8 Å². The molecule has 2 aromatic rings. The molecule has 0 unspecified atom stereocenters. The Bertz CT molecular complexity index is 657. The molecule has 1 aromatic carbocycles. The number of carbonyl (C=O) groups excluding carboxylic acids is 1. The molecule has 2 rings (SSSR count). The molecule has 0 aliphatic rings. The van der Waals surface area contributed by atoms with Crippen LogP contribution in [0, 0.1) is 5.82 Å². The topological polar surface area (TPSA) is 75.4 Å². The number of carbonyl (C=O) groups is 1. The van der Waals surface area contributed by atoms with Crippen LogP contribution in [0.1, 0.15) is 9.67 Å². The maximum Gasteiger partial charge on any atom is 0.287 e. The Morgan fingerprint density at radius 1 is 1.45 bits per heavy atom. The molecule has 0 radical (unpaired) electrons. The third-order valence-corrected chi connectivity index (χ3v) is 3.82. The third-order valence-electron chi connectivity index (χ3n) is 2.65. The molecule has 1 heterocycles. The highest BCUT2D eigenvalue weighted by molar-refractivity contribution is 7.21. The number of hydrogen-bond acceptors (Lipinski definition) is 4. The minimum atomic E-state index is -3.41. The van der Waals surface area contributed by atoms with Crippen molar-refractivity contribution in [3.8, 4) is 0 Å². The van der Waals surface area contributed by atoms with Crippen LogP contribution in [0.15, 0.2) is 18.2 Å². The van der Waals surface area contributed by atoms with Crippen molar-refractivity contribution in [3.63, 3.8) is 0 Å². The molecule has 8 heteroatoms. The van der Waals surface area contributed by atoms with Gasteiger partial charge >= 0.3 is 0 Å². The maximum absolute atomic E-state index is 13.6. The Labute approximate surface area is 116 Å². The predicted molar refractivity (Wildman–Crippen MR) is 70.6 cm³/mol. The summed E-state index contributed by atoms with van der Waals surface area (Å²) in [6.45, 7) is -2.39. The zero-order chi connectivity index (χ0) is 14.9. The molecule has 0 saturated heterocycles. The van der Waals surface area contributed by atoms with Crippen LogP contribution >= 0.6 is 11.3 Å². The molecule has 1 amide bonds. The number of amides is 1. The second-order valence-electron chi connectivity index (χ2n) is 4.15. The van der Waals surface area contributed by atoms with Gasteiger partial charge in [0.25, 0.3) is 11.8 Å². The zero-order valence-corrected chi connectivity index (χ0v) is 10.9. The van der Waals surface area contributed by atoms with Crippen LogP contribution < -0.4 is 11.1 Å². The van der Waals surface area contributed by atoms with Gasteiger partial charge in [-0.1, -0.05) is 6.07 Å². The fourth-order valence-corrected chi connectivity index (χ4v) is 2.70. The van der Waals surface area contributed by atoms with Gasteiger partial charge in [-0.2, -0.15) is 0 Å². The SMILES string of the molecule is Nc1c(C(=O)NCC(F)(F)CO)sc2cccc(F)c12. The van der Waals surface area contributed by atoms with Crippen molar-refractivity contribution in [3.05, 3.63) is 28.9 Å². The predicted octanol–water partition coefficient (Wildman–Crippen LogP) is 1.98. The summed E-state index contributed by atoms with van der Waals surface area (Å²) in [5.41, 5.74) is 5.61. The fraction of sp³-hybridized carbons (Fsp3) is 0.250. The maximum atomic E-state index is 13.6. The van der Waals surface area contributed by atoms with Gasteiger partial charge in [-0.25, -0.2) is 13.2 Å². The summed E-state index contributed by atoms with van der Waals surface area (Å²) in [5.74, 6) is -4.81. The van der Waals surface area contributed by atoms with E-state index in [1.54, 1.807) is 6.07 Å². The number of fused-ring (bicyclic) bond motifs is 1. The highest BCUT2D eigenvalue weighted by Crippen LogP contribution is 2.35. The number of nitrogens with two attached hydrogens (primary N) is 1. The number of anilines is 1. The van der Waals surface area contributed by atoms with Gasteiger partial charge in [0, 0.05) is 4.70 Å². The Kier molecular flexibility index (Phi) is 3.87. The molecule has 0 fully saturated rings. The van der Waals surface area contributed by atoms with Crippen molar-refractivity contribution in [1.82, 2.24) is 5.32 Å². The van der Waals surface area contributed by atoms with Crippen molar-refractivity contribution < 1.29 is 23.1 Å². The van der Waals surface area contributed by atoms with Crippen molar-refractivity contribution in [2.75, 3.05) is 18.9 Å². The largest absolute Gasteiger partial charge is 0.397 e. The van der Waals surface area contributed by atoms with E-state index >= 15 is 0 Å². The number of rotatable bonds is 4. The second kappa shape index (κ2) is 5.29. The van der Waals surface area contributed by atoms with Crippen LogP contribution in [0.2, 0.25) is 0 Å². The van der Waals surface area contributed by atoms with E-state index in [1.165, 1.54) is 12.1 Å². The number of thiophene rings is 1. The number of aliphatic hydroxyl groups is 1. The number of nitrogen functional groups attached to an aromatic ring is 1. The molecule has 0 aliphatic carbocycles. The van der Waals surface area contributed by atoms with E-state index in [0.29, 0.717) is 4.70 Å². The summed E-state index contributed by atoms with van der Waals surface area (Å²) in [7, 11) is 0. The van der Waals surface area contributed by atoms with Gasteiger partial charge in [-0.3, -0.25) is 4.79 Å². The normalized spacial score (nSPS) is 11.8. The van der Waals surface area contributed by atoms with E-state index in [9.17, 15) is 18.0 Å². The van der Waals surface area contributed by atoms with Crippen molar-refractivity contribution in [1.29, 1.82) is 0 Å². The summed E-state index contributed by atoms with van der Waals surface area (Å²) in [4.78, 5) is 11.8. The van der Waals surface area contributed by atoms with Gasteiger partial charge in [0.05, 0.1) is 17.6 Å². The molecule has 0 atom stereocenters. The lowest BCUT2D eigenvalue weighted by Gasteiger charge is -2.13. The summed E-state index contributed by atoms with van der Waals surface area (Å²) in [6.07, 6.45) is 0. The number of hydrogen-bond donors (Lipinski definition) is 3. The molecule has 20 heavy (non-hydrogen) atoms. The molecular formula is C12H11F3N2O2S. The number of aliphatic hydroxyl groups excluding tert-OH is 1. The summed E-state index contributed by atoms with van der Waals surface area (Å²) < 4.78 is 39.7. The van der Waals surface area contributed by atoms with E-state index in [-0.39, 0.29) is 16.0 Å². The highest BCUT2D eigenvalue weighted by atomic mass is 32.1. The zero-order valence-electron chi connectivity index (χ0n) is 10.1. The molecule has 108 valence electrons. The lowest BCUT2D eigenvalue weighted by molar-refractivity contribution is -0.0461.